The lowest BCUT2D eigenvalue weighted by Crippen LogP contribution is -2.27. The molecule has 0 unspecified atom stereocenters. The number of rotatable bonds is 3. The standard InChI is InChI=1S/C22H19N3O3/c1-14-6-8-15(9-7-14)20-19-16(22(26)25-10-2-3-11-25)13-17(18-5-4-12-27-18)23-21(19)28-24-20/h4-9,12-13H,2-3,10-11H2,1H3. The number of fused-ring (bicyclic) bond motifs is 1. The Morgan fingerprint density at radius 1 is 1.11 bits per heavy atom. The Hall–Kier alpha value is -3.41. The van der Waals surface area contributed by atoms with Crippen LogP contribution in [0.1, 0.15) is 28.8 Å². The number of pyridine rings is 1. The largest absolute Gasteiger partial charge is 0.463 e. The van der Waals surface area contributed by atoms with Crippen molar-refractivity contribution in [1.82, 2.24) is 15.0 Å². The first-order chi connectivity index (χ1) is 13.7. The maximum Gasteiger partial charge on any atom is 0.259 e. The maximum atomic E-state index is 13.3. The smallest absolute Gasteiger partial charge is 0.259 e. The number of hydrogen-bond acceptors (Lipinski definition) is 5. The van der Waals surface area contributed by atoms with Gasteiger partial charge >= 0.3 is 0 Å². The van der Waals surface area contributed by atoms with E-state index >= 15 is 0 Å². The highest BCUT2D eigenvalue weighted by atomic mass is 16.5. The van der Waals surface area contributed by atoms with Crippen molar-refractivity contribution in [2.75, 3.05) is 13.1 Å². The third-order valence-corrected chi connectivity index (χ3v) is 5.17. The summed E-state index contributed by atoms with van der Waals surface area (Å²) in [5.41, 5.74) is 4.14. The fourth-order valence-corrected chi connectivity index (χ4v) is 3.67. The summed E-state index contributed by atoms with van der Waals surface area (Å²) < 4.78 is 11.0. The number of likely N-dealkylation sites (tertiary alicyclic amines) is 1. The number of hydrogen-bond donors (Lipinski definition) is 0. The minimum absolute atomic E-state index is 0.0192. The lowest BCUT2D eigenvalue weighted by Gasteiger charge is -2.16. The summed E-state index contributed by atoms with van der Waals surface area (Å²) in [6.45, 7) is 3.57. The monoisotopic (exact) mass is 373 g/mol. The number of aryl methyl sites for hydroxylation is 1. The lowest BCUT2D eigenvalue weighted by atomic mass is 10.0. The average Bonchev–Trinajstić information content (AvgIpc) is 3.48. The van der Waals surface area contributed by atoms with Crippen molar-refractivity contribution in [3.63, 3.8) is 0 Å². The molecule has 4 aromatic rings. The predicted octanol–water partition coefficient (Wildman–Crippen LogP) is 4.69. The summed E-state index contributed by atoms with van der Waals surface area (Å²) in [4.78, 5) is 19.8. The number of amides is 1. The molecule has 140 valence electrons. The van der Waals surface area contributed by atoms with Gasteiger partial charge in [0.25, 0.3) is 11.6 Å². The second-order valence-corrected chi connectivity index (χ2v) is 7.11. The van der Waals surface area contributed by atoms with Gasteiger partial charge < -0.3 is 13.8 Å². The van der Waals surface area contributed by atoms with Crippen LogP contribution in [0.3, 0.4) is 0 Å². The minimum Gasteiger partial charge on any atom is -0.463 e. The van der Waals surface area contributed by atoms with Crippen LogP contribution in [0.5, 0.6) is 0 Å². The molecule has 1 aliphatic heterocycles. The van der Waals surface area contributed by atoms with Crippen LogP contribution >= 0.6 is 0 Å². The van der Waals surface area contributed by atoms with Gasteiger partial charge in [-0.15, -0.1) is 0 Å². The Balaban J connectivity index is 1.73. The SMILES string of the molecule is Cc1ccc(-c2noc3nc(-c4ccco4)cc(C(=O)N4CCCC4)c23)cc1. The van der Waals surface area contributed by atoms with Crippen LogP contribution in [0, 0.1) is 6.92 Å². The minimum atomic E-state index is -0.0192. The van der Waals surface area contributed by atoms with E-state index in [0.717, 1.165) is 37.1 Å². The molecule has 4 heterocycles. The van der Waals surface area contributed by atoms with Crippen LogP contribution in [0.25, 0.3) is 33.8 Å². The molecule has 0 aliphatic carbocycles. The average molecular weight is 373 g/mol. The first-order valence-electron chi connectivity index (χ1n) is 9.41. The van der Waals surface area contributed by atoms with Gasteiger partial charge in [-0.3, -0.25) is 4.79 Å². The fourth-order valence-electron chi connectivity index (χ4n) is 3.67. The molecule has 0 bridgehead atoms. The number of furan rings is 1. The van der Waals surface area contributed by atoms with Crippen LogP contribution in [-0.2, 0) is 0 Å². The van der Waals surface area contributed by atoms with E-state index < -0.39 is 0 Å². The van der Waals surface area contributed by atoms with Gasteiger partial charge in [-0.25, -0.2) is 4.98 Å². The van der Waals surface area contributed by atoms with E-state index in [1.807, 2.05) is 42.2 Å². The van der Waals surface area contributed by atoms with Gasteiger partial charge in [-0.2, -0.15) is 0 Å². The molecule has 0 spiro atoms. The van der Waals surface area contributed by atoms with E-state index in [-0.39, 0.29) is 5.91 Å². The van der Waals surface area contributed by atoms with Gasteiger partial charge in [-0.05, 0) is 38.0 Å². The van der Waals surface area contributed by atoms with E-state index in [9.17, 15) is 4.79 Å². The molecule has 0 radical (unpaired) electrons. The number of aromatic nitrogens is 2. The highest BCUT2D eigenvalue weighted by Gasteiger charge is 2.27. The quantitative estimate of drug-likeness (QED) is 0.521. The molecule has 5 rings (SSSR count). The molecule has 1 fully saturated rings. The van der Waals surface area contributed by atoms with Gasteiger partial charge in [0, 0.05) is 18.7 Å². The molecule has 1 saturated heterocycles. The molecule has 3 aromatic heterocycles. The van der Waals surface area contributed by atoms with E-state index in [1.54, 1.807) is 18.4 Å². The molecule has 0 saturated carbocycles. The zero-order valence-electron chi connectivity index (χ0n) is 15.5. The Bertz CT molecular complexity index is 1140. The Kier molecular flexibility index (Phi) is 3.97. The topological polar surface area (TPSA) is 72.4 Å². The molecule has 6 nitrogen and oxygen atoms in total. The summed E-state index contributed by atoms with van der Waals surface area (Å²) in [6, 6.07) is 13.4. The molecule has 6 heteroatoms. The molecule has 1 amide bonds. The molecule has 0 atom stereocenters. The first-order valence-corrected chi connectivity index (χ1v) is 9.41. The Labute approximate surface area is 161 Å². The van der Waals surface area contributed by atoms with Gasteiger partial charge in [0.15, 0.2) is 5.76 Å². The summed E-state index contributed by atoms with van der Waals surface area (Å²) >= 11 is 0. The maximum absolute atomic E-state index is 13.3. The fraction of sp³-hybridized carbons (Fsp3) is 0.227. The van der Waals surface area contributed by atoms with E-state index in [0.29, 0.717) is 33.8 Å². The number of carbonyl (C=O) groups excluding carboxylic acids is 1. The van der Waals surface area contributed by atoms with Crippen molar-refractivity contribution in [2.45, 2.75) is 19.8 Å². The third kappa shape index (κ3) is 2.78. The summed E-state index contributed by atoms with van der Waals surface area (Å²) in [5, 5.41) is 4.90. The van der Waals surface area contributed by atoms with Crippen molar-refractivity contribution in [3.8, 4) is 22.7 Å². The first kappa shape index (κ1) is 16.7. The molecular weight excluding hydrogens is 354 g/mol. The Morgan fingerprint density at radius 3 is 2.61 bits per heavy atom. The van der Waals surface area contributed by atoms with Gasteiger partial charge in [0.1, 0.15) is 11.4 Å². The zero-order chi connectivity index (χ0) is 19.1. The number of carbonyl (C=O) groups is 1. The second kappa shape index (κ2) is 6.64. The van der Waals surface area contributed by atoms with E-state index in [1.165, 1.54) is 0 Å². The normalized spacial score (nSPS) is 14.1. The molecule has 1 aliphatic rings. The van der Waals surface area contributed by atoms with Crippen LogP contribution in [-0.4, -0.2) is 34.0 Å². The summed E-state index contributed by atoms with van der Waals surface area (Å²) in [5.74, 6) is 0.569. The molecule has 0 N–H and O–H groups in total. The van der Waals surface area contributed by atoms with Crippen molar-refractivity contribution >= 4 is 17.0 Å². The molecule has 1 aromatic carbocycles. The molecular formula is C22H19N3O3. The lowest BCUT2D eigenvalue weighted by molar-refractivity contribution is 0.0794. The highest BCUT2D eigenvalue weighted by Crippen LogP contribution is 2.34. The van der Waals surface area contributed by atoms with Crippen molar-refractivity contribution in [2.24, 2.45) is 0 Å². The van der Waals surface area contributed by atoms with Crippen LogP contribution in [0.4, 0.5) is 0 Å². The Morgan fingerprint density at radius 2 is 1.89 bits per heavy atom. The van der Waals surface area contributed by atoms with Gasteiger partial charge in [-0.1, -0.05) is 35.0 Å². The number of nitrogens with zero attached hydrogens (tertiary/aromatic N) is 3. The third-order valence-electron chi connectivity index (χ3n) is 5.17. The van der Waals surface area contributed by atoms with Crippen molar-refractivity contribution in [3.05, 3.63) is 59.9 Å². The van der Waals surface area contributed by atoms with E-state index in [2.05, 4.69) is 10.1 Å². The van der Waals surface area contributed by atoms with Gasteiger partial charge in [0.05, 0.1) is 17.2 Å². The van der Waals surface area contributed by atoms with Crippen LogP contribution < -0.4 is 0 Å². The molecule has 28 heavy (non-hydrogen) atoms. The van der Waals surface area contributed by atoms with Gasteiger partial charge in [0.2, 0.25) is 0 Å². The predicted molar refractivity (Wildman–Crippen MR) is 105 cm³/mol. The van der Waals surface area contributed by atoms with Crippen molar-refractivity contribution in [1.29, 1.82) is 0 Å². The highest BCUT2D eigenvalue weighted by molar-refractivity contribution is 6.10. The number of benzene rings is 1. The summed E-state index contributed by atoms with van der Waals surface area (Å²) in [7, 11) is 0. The van der Waals surface area contributed by atoms with Crippen LogP contribution in [0.2, 0.25) is 0 Å². The van der Waals surface area contributed by atoms with Crippen molar-refractivity contribution < 1.29 is 13.7 Å². The second-order valence-electron chi connectivity index (χ2n) is 7.11. The summed E-state index contributed by atoms with van der Waals surface area (Å²) in [6.07, 6.45) is 3.64. The van der Waals surface area contributed by atoms with Crippen LogP contribution in [0.15, 0.2) is 57.7 Å². The van der Waals surface area contributed by atoms with E-state index in [4.69, 9.17) is 8.94 Å². The zero-order valence-corrected chi connectivity index (χ0v) is 15.5.